The highest BCUT2D eigenvalue weighted by molar-refractivity contribution is 5.85. The van der Waals surface area contributed by atoms with Crippen molar-refractivity contribution < 1.29 is 19.4 Å². The van der Waals surface area contributed by atoms with Gasteiger partial charge in [-0.3, -0.25) is 5.32 Å². The summed E-state index contributed by atoms with van der Waals surface area (Å²) in [5.41, 5.74) is 3.27. The van der Waals surface area contributed by atoms with Crippen molar-refractivity contribution >= 4 is 11.8 Å². The molecule has 2 aromatic rings. The van der Waals surface area contributed by atoms with Crippen LogP contribution < -0.4 is 10.1 Å². The molecule has 5 heteroatoms. The maximum atomic E-state index is 11.3. The van der Waals surface area contributed by atoms with Crippen LogP contribution in [0.2, 0.25) is 0 Å². The van der Waals surface area contributed by atoms with Crippen LogP contribution in [0.5, 0.6) is 17.2 Å². The standard InChI is InChI=1S/C19H23NO4/c1-11(2)16-10-15(6-7-17(16)21)24-18-12(3)8-14(9-13(18)4)20-19(22)23-5/h6-11,21H,1-5H3,(H,20,22). The molecule has 5 nitrogen and oxygen atoms in total. The van der Waals surface area contributed by atoms with E-state index in [-0.39, 0.29) is 11.7 Å². The monoisotopic (exact) mass is 329 g/mol. The van der Waals surface area contributed by atoms with Crippen LogP contribution in [0.1, 0.15) is 36.5 Å². The Morgan fingerprint density at radius 3 is 2.29 bits per heavy atom. The number of phenols is 1. The molecule has 0 heterocycles. The Bertz CT molecular complexity index is 730. The van der Waals surface area contributed by atoms with Crippen molar-refractivity contribution in [1.82, 2.24) is 0 Å². The zero-order chi connectivity index (χ0) is 17.9. The molecule has 0 saturated heterocycles. The molecule has 128 valence electrons. The Labute approximate surface area is 142 Å². The number of benzene rings is 2. The van der Waals surface area contributed by atoms with E-state index in [9.17, 15) is 9.90 Å². The van der Waals surface area contributed by atoms with E-state index in [1.165, 1.54) is 7.11 Å². The van der Waals surface area contributed by atoms with E-state index in [1.807, 2.05) is 45.9 Å². The molecule has 2 N–H and O–H groups in total. The maximum absolute atomic E-state index is 11.3. The minimum Gasteiger partial charge on any atom is -0.508 e. The molecule has 1 amide bonds. The number of carbonyl (C=O) groups is 1. The topological polar surface area (TPSA) is 67.8 Å². The highest BCUT2D eigenvalue weighted by Gasteiger charge is 2.12. The second-order valence-corrected chi connectivity index (χ2v) is 6.03. The van der Waals surface area contributed by atoms with Gasteiger partial charge in [-0.15, -0.1) is 0 Å². The number of methoxy groups -OCH3 is 1. The summed E-state index contributed by atoms with van der Waals surface area (Å²) >= 11 is 0. The quantitative estimate of drug-likeness (QED) is 0.818. The summed E-state index contributed by atoms with van der Waals surface area (Å²) in [6, 6.07) is 8.87. The maximum Gasteiger partial charge on any atom is 0.411 e. The first-order valence-electron chi connectivity index (χ1n) is 7.78. The third-order valence-corrected chi connectivity index (χ3v) is 3.73. The fourth-order valence-corrected chi connectivity index (χ4v) is 2.53. The molecule has 0 radical (unpaired) electrons. The number of ether oxygens (including phenoxy) is 2. The van der Waals surface area contributed by atoms with E-state index in [4.69, 9.17) is 4.74 Å². The molecule has 0 aliphatic carbocycles. The highest BCUT2D eigenvalue weighted by Crippen LogP contribution is 2.35. The second kappa shape index (κ2) is 7.25. The molecular weight excluding hydrogens is 306 g/mol. The Kier molecular flexibility index (Phi) is 5.34. The van der Waals surface area contributed by atoms with Crippen LogP contribution in [0.25, 0.3) is 0 Å². The number of aryl methyl sites for hydroxylation is 2. The van der Waals surface area contributed by atoms with Gasteiger partial charge in [0.05, 0.1) is 7.11 Å². The van der Waals surface area contributed by atoms with Gasteiger partial charge in [0, 0.05) is 11.3 Å². The second-order valence-electron chi connectivity index (χ2n) is 6.03. The molecule has 0 saturated carbocycles. The van der Waals surface area contributed by atoms with Crippen molar-refractivity contribution in [1.29, 1.82) is 0 Å². The molecule has 0 fully saturated rings. The number of aromatic hydroxyl groups is 1. The summed E-state index contributed by atoms with van der Waals surface area (Å²) in [7, 11) is 1.32. The largest absolute Gasteiger partial charge is 0.508 e. The van der Waals surface area contributed by atoms with Crippen molar-refractivity contribution in [2.45, 2.75) is 33.6 Å². The lowest BCUT2D eigenvalue weighted by atomic mass is 10.0. The molecular formula is C19H23NO4. The molecule has 0 bridgehead atoms. The Hall–Kier alpha value is -2.69. The fourth-order valence-electron chi connectivity index (χ4n) is 2.53. The number of amides is 1. The first-order chi connectivity index (χ1) is 11.3. The van der Waals surface area contributed by atoms with E-state index in [0.717, 1.165) is 22.4 Å². The van der Waals surface area contributed by atoms with Gasteiger partial charge in [0.1, 0.15) is 17.2 Å². The lowest BCUT2D eigenvalue weighted by Crippen LogP contribution is -2.11. The van der Waals surface area contributed by atoms with Gasteiger partial charge in [0.25, 0.3) is 0 Å². The van der Waals surface area contributed by atoms with E-state index in [1.54, 1.807) is 12.1 Å². The molecule has 0 spiro atoms. The number of phenolic OH excluding ortho intramolecular Hbond substituents is 1. The Morgan fingerprint density at radius 1 is 1.12 bits per heavy atom. The normalized spacial score (nSPS) is 10.6. The van der Waals surface area contributed by atoms with Crippen LogP contribution in [0.3, 0.4) is 0 Å². The average molecular weight is 329 g/mol. The van der Waals surface area contributed by atoms with Crippen molar-refractivity contribution in [2.24, 2.45) is 0 Å². The van der Waals surface area contributed by atoms with Gasteiger partial charge in [0.15, 0.2) is 0 Å². The minimum atomic E-state index is -0.512. The van der Waals surface area contributed by atoms with Gasteiger partial charge in [-0.2, -0.15) is 0 Å². The molecule has 2 rings (SSSR count). The Morgan fingerprint density at radius 2 is 1.75 bits per heavy atom. The van der Waals surface area contributed by atoms with E-state index in [2.05, 4.69) is 10.1 Å². The Balaban J connectivity index is 2.30. The summed E-state index contributed by atoms with van der Waals surface area (Å²) < 4.78 is 10.6. The number of carbonyl (C=O) groups excluding carboxylic acids is 1. The zero-order valence-electron chi connectivity index (χ0n) is 14.6. The zero-order valence-corrected chi connectivity index (χ0v) is 14.6. The van der Waals surface area contributed by atoms with Gasteiger partial charge in [-0.1, -0.05) is 13.8 Å². The molecule has 0 atom stereocenters. The van der Waals surface area contributed by atoms with Crippen molar-refractivity contribution in [3.63, 3.8) is 0 Å². The van der Waals surface area contributed by atoms with Crippen molar-refractivity contribution in [2.75, 3.05) is 12.4 Å². The third kappa shape index (κ3) is 3.98. The summed E-state index contributed by atoms with van der Waals surface area (Å²) in [5.74, 6) is 1.85. The smallest absolute Gasteiger partial charge is 0.411 e. The minimum absolute atomic E-state index is 0.197. The lowest BCUT2D eigenvalue weighted by Gasteiger charge is -2.16. The molecule has 2 aromatic carbocycles. The molecule has 0 aliphatic rings. The van der Waals surface area contributed by atoms with Crippen LogP contribution >= 0.6 is 0 Å². The fraction of sp³-hybridized carbons (Fsp3) is 0.316. The lowest BCUT2D eigenvalue weighted by molar-refractivity contribution is 0.187. The van der Waals surface area contributed by atoms with Crippen molar-refractivity contribution in [3.05, 3.63) is 47.0 Å². The summed E-state index contributed by atoms with van der Waals surface area (Å²) in [4.78, 5) is 11.3. The number of anilines is 1. The van der Waals surface area contributed by atoms with Crippen LogP contribution in [0.4, 0.5) is 10.5 Å². The summed E-state index contributed by atoms with van der Waals surface area (Å²) in [5, 5.41) is 12.6. The first kappa shape index (κ1) is 17.7. The van der Waals surface area contributed by atoms with Crippen molar-refractivity contribution in [3.8, 4) is 17.2 Å². The summed E-state index contributed by atoms with van der Waals surface area (Å²) in [6.45, 7) is 7.86. The number of nitrogens with one attached hydrogen (secondary N) is 1. The third-order valence-electron chi connectivity index (χ3n) is 3.73. The van der Waals surface area contributed by atoms with E-state index in [0.29, 0.717) is 11.4 Å². The molecule has 0 aliphatic heterocycles. The van der Waals surface area contributed by atoms with E-state index >= 15 is 0 Å². The molecule has 0 unspecified atom stereocenters. The number of hydrogen-bond donors (Lipinski definition) is 2. The molecule has 24 heavy (non-hydrogen) atoms. The number of hydrogen-bond acceptors (Lipinski definition) is 4. The van der Waals surface area contributed by atoms with E-state index < -0.39 is 6.09 Å². The van der Waals surface area contributed by atoms with Gasteiger partial charge in [-0.05, 0) is 61.2 Å². The predicted molar refractivity (Wildman–Crippen MR) is 94.2 cm³/mol. The average Bonchev–Trinajstić information content (AvgIpc) is 2.52. The van der Waals surface area contributed by atoms with Crippen LogP contribution in [0.15, 0.2) is 30.3 Å². The van der Waals surface area contributed by atoms with Gasteiger partial charge < -0.3 is 14.6 Å². The van der Waals surface area contributed by atoms with Crippen LogP contribution in [0, 0.1) is 13.8 Å². The SMILES string of the molecule is COC(=O)Nc1cc(C)c(Oc2ccc(O)c(C(C)C)c2)c(C)c1. The van der Waals surface area contributed by atoms with Gasteiger partial charge >= 0.3 is 6.09 Å². The first-order valence-corrected chi connectivity index (χ1v) is 7.78. The number of rotatable bonds is 4. The van der Waals surface area contributed by atoms with Gasteiger partial charge in [-0.25, -0.2) is 4.79 Å². The molecule has 0 aromatic heterocycles. The van der Waals surface area contributed by atoms with Gasteiger partial charge in [0.2, 0.25) is 0 Å². The predicted octanol–water partition coefficient (Wildman–Crippen LogP) is 5.10. The van der Waals surface area contributed by atoms with Crippen LogP contribution in [-0.4, -0.2) is 18.3 Å². The highest BCUT2D eigenvalue weighted by atomic mass is 16.5. The summed E-state index contributed by atoms with van der Waals surface area (Å²) in [6.07, 6.45) is -0.512. The van der Waals surface area contributed by atoms with Crippen LogP contribution in [-0.2, 0) is 4.74 Å².